The molecule has 20 heavy (non-hydrogen) atoms. The van der Waals surface area contributed by atoms with Crippen molar-refractivity contribution < 1.29 is 14.3 Å². The van der Waals surface area contributed by atoms with Gasteiger partial charge in [0.15, 0.2) is 0 Å². The molecule has 0 saturated heterocycles. The van der Waals surface area contributed by atoms with Crippen LogP contribution in [-0.2, 0) is 0 Å². The van der Waals surface area contributed by atoms with E-state index in [1.165, 1.54) is 5.56 Å². The standard InChI is InChI=1S/C17H16O3/c1-11-3-5-12(6-4-11)17(18)15-10-20-16-8-7-13(19-2)9-14(15)16/h3-10,17-18H,1-2H3/t17-/m0/s1. The number of hydrogen-bond acceptors (Lipinski definition) is 3. The first-order chi connectivity index (χ1) is 9.69. The van der Waals surface area contributed by atoms with Gasteiger partial charge in [-0.05, 0) is 30.7 Å². The lowest BCUT2D eigenvalue weighted by molar-refractivity contribution is 0.220. The Labute approximate surface area is 117 Å². The minimum absolute atomic E-state index is 0.705. The molecule has 1 aromatic heterocycles. The van der Waals surface area contributed by atoms with Gasteiger partial charge in [0.05, 0.1) is 13.4 Å². The Balaban J connectivity index is 2.06. The number of furan rings is 1. The molecule has 1 N–H and O–H groups in total. The van der Waals surface area contributed by atoms with Crippen molar-refractivity contribution in [3.05, 3.63) is 65.4 Å². The van der Waals surface area contributed by atoms with Gasteiger partial charge in [0.25, 0.3) is 0 Å². The summed E-state index contributed by atoms with van der Waals surface area (Å²) in [5.74, 6) is 0.747. The number of rotatable bonds is 3. The summed E-state index contributed by atoms with van der Waals surface area (Å²) < 4.78 is 10.7. The van der Waals surface area contributed by atoms with Gasteiger partial charge in [0, 0.05) is 10.9 Å². The molecule has 0 fully saturated rings. The van der Waals surface area contributed by atoms with E-state index in [0.29, 0.717) is 0 Å². The summed E-state index contributed by atoms with van der Waals surface area (Å²) in [6, 6.07) is 13.4. The molecule has 0 saturated carbocycles. The lowest BCUT2D eigenvalue weighted by Crippen LogP contribution is -1.98. The van der Waals surface area contributed by atoms with Crippen LogP contribution in [0.1, 0.15) is 22.8 Å². The zero-order valence-electron chi connectivity index (χ0n) is 11.5. The molecule has 2 aromatic carbocycles. The van der Waals surface area contributed by atoms with Crippen LogP contribution in [0.5, 0.6) is 5.75 Å². The van der Waals surface area contributed by atoms with Crippen LogP contribution in [0.15, 0.2) is 53.1 Å². The van der Waals surface area contributed by atoms with Crippen LogP contribution in [0.2, 0.25) is 0 Å². The Bertz CT molecular complexity index is 726. The summed E-state index contributed by atoms with van der Waals surface area (Å²) in [4.78, 5) is 0. The monoisotopic (exact) mass is 268 g/mol. The van der Waals surface area contributed by atoms with Crippen molar-refractivity contribution in [2.24, 2.45) is 0 Å². The van der Waals surface area contributed by atoms with Crippen molar-refractivity contribution in [1.82, 2.24) is 0 Å². The Morgan fingerprint density at radius 2 is 1.85 bits per heavy atom. The summed E-state index contributed by atoms with van der Waals surface area (Å²) in [6.07, 6.45) is 0.901. The second-order valence-corrected chi connectivity index (χ2v) is 4.87. The topological polar surface area (TPSA) is 42.6 Å². The molecule has 0 amide bonds. The molecule has 0 bridgehead atoms. The van der Waals surface area contributed by atoms with Gasteiger partial charge in [-0.25, -0.2) is 0 Å². The van der Waals surface area contributed by atoms with Crippen LogP contribution in [-0.4, -0.2) is 12.2 Å². The van der Waals surface area contributed by atoms with Crippen molar-refractivity contribution in [1.29, 1.82) is 0 Å². The molecule has 1 atom stereocenters. The number of aliphatic hydroxyl groups is 1. The van der Waals surface area contributed by atoms with Crippen molar-refractivity contribution in [2.45, 2.75) is 13.0 Å². The summed E-state index contributed by atoms with van der Waals surface area (Å²) in [7, 11) is 1.62. The number of hydrogen-bond donors (Lipinski definition) is 1. The summed E-state index contributed by atoms with van der Waals surface area (Å²) in [5.41, 5.74) is 3.51. The Morgan fingerprint density at radius 1 is 1.10 bits per heavy atom. The minimum atomic E-state index is -0.705. The van der Waals surface area contributed by atoms with Gasteiger partial charge in [-0.15, -0.1) is 0 Å². The fourth-order valence-corrected chi connectivity index (χ4v) is 2.29. The van der Waals surface area contributed by atoms with Crippen molar-refractivity contribution >= 4 is 11.0 Å². The fraction of sp³-hybridized carbons (Fsp3) is 0.176. The number of aryl methyl sites for hydroxylation is 1. The maximum atomic E-state index is 10.5. The fourth-order valence-electron chi connectivity index (χ4n) is 2.29. The summed E-state index contributed by atoms with van der Waals surface area (Å²) in [5, 5.41) is 11.4. The van der Waals surface area contributed by atoms with E-state index in [4.69, 9.17) is 9.15 Å². The van der Waals surface area contributed by atoms with Crippen molar-refractivity contribution in [3.8, 4) is 5.75 Å². The molecule has 3 rings (SSSR count). The third-order valence-electron chi connectivity index (χ3n) is 3.50. The quantitative estimate of drug-likeness (QED) is 0.785. The van der Waals surface area contributed by atoms with Gasteiger partial charge >= 0.3 is 0 Å². The molecule has 1 heterocycles. The average Bonchev–Trinajstić information content (AvgIpc) is 2.90. The van der Waals surface area contributed by atoms with E-state index in [-0.39, 0.29) is 0 Å². The van der Waals surface area contributed by atoms with Crippen LogP contribution in [0.3, 0.4) is 0 Å². The first kappa shape index (κ1) is 12.8. The van der Waals surface area contributed by atoms with Gasteiger partial charge in [-0.3, -0.25) is 0 Å². The molecule has 0 aliphatic rings. The minimum Gasteiger partial charge on any atom is -0.497 e. The predicted octanol–water partition coefficient (Wildman–Crippen LogP) is 3.83. The van der Waals surface area contributed by atoms with E-state index in [1.54, 1.807) is 13.4 Å². The highest BCUT2D eigenvalue weighted by Gasteiger charge is 2.17. The summed E-state index contributed by atoms with van der Waals surface area (Å²) in [6.45, 7) is 2.02. The number of aliphatic hydroxyl groups excluding tert-OH is 1. The predicted molar refractivity (Wildman–Crippen MR) is 78.0 cm³/mol. The van der Waals surface area contributed by atoms with Gasteiger partial charge in [-0.1, -0.05) is 29.8 Å². The van der Waals surface area contributed by atoms with E-state index >= 15 is 0 Å². The second-order valence-electron chi connectivity index (χ2n) is 4.87. The molecule has 0 radical (unpaired) electrons. The molecule has 102 valence electrons. The number of ether oxygens (including phenoxy) is 1. The molecule has 0 unspecified atom stereocenters. The molecular weight excluding hydrogens is 252 g/mol. The zero-order chi connectivity index (χ0) is 14.1. The molecule has 0 spiro atoms. The highest BCUT2D eigenvalue weighted by molar-refractivity contribution is 5.83. The lowest BCUT2D eigenvalue weighted by atomic mass is 10.00. The van der Waals surface area contributed by atoms with Crippen molar-refractivity contribution in [2.75, 3.05) is 7.11 Å². The molecule has 0 aliphatic heterocycles. The van der Waals surface area contributed by atoms with Crippen LogP contribution >= 0.6 is 0 Å². The lowest BCUT2D eigenvalue weighted by Gasteiger charge is -2.10. The van der Waals surface area contributed by atoms with E-state index in [2.05, 4.69) is 0 Å². The smallest absolute Gasteiger partial charge is 0.134 e. The van der Waals surface area contributed by atoms with Crippen LogP contribution in [0, 0.1) is 6.92 Å². The molecular formula is C17H16O3. The molecule has 3 aromatic rings. The Morgan fingerprint density at radius 3 is 2.55 bits per heavy atom. The largest absolute Gasteiger partial charge is 0.497 e. The average molecular weight is 268 g/mol. The normalized spacial score (nSPS) is 12.6. The maximum absolute atomic E-state index is 10.5. The Kier molecular flexibility index (Phi) is 3.20. The number of benzene rings is 2. The van der Waals surface area contributed by atoms with E-state index in [9.17, 15) is 5.11 Å². The summed E-state index contributed by atoms with van der Waals surface area (Å²) >= 11 is 0. The second kappa shape index (κ2) is 5.02. The van der Waals surface area contributed by atoms with Gasteiger partial charge in [0.1, 0.15) is 17.4 Å². The zero-order valence-corrected chi connectivity index (χ0v) is 11.5. The number of fused-ring (bicyclic) bond motifs is 1. The van der Waals surface area contributed by atoms with Gasteiger partial charge in [-0.2, -0.15) is 0 Å². The van der Waals surface area contributed by atoms with Crippen LogP contribution in [0.4, 0.5) is 0 Å². The van der Waals surface area contributed by atoms with Crippen LogP contribution in [0.25, 0.3) is 11.0 Å². The van der Waals surface area contributed by atoms with Gasteiger partial charge < -0.3 is 14.3 Å². The van der Waals surface area contributed by atoms with E-state index < -0.39 is 6.10 Å². The van der Waals surface area contributed by atoms with Gasteiger partial charge in [0.2, 0.25) is 0 Å². The Hall–Kier alpha value is -2.26. The first-order valence-electron chi connectivity index (χ1n) is 6.49. The third-order valence-corrected chi connectivity index (χ3v) is 3.50. The molecule has 3 heteroatoms. The van der Waals surface area contributed by atoms with Crippen molar-refractivity contribution in [3.63, 3.8) is 0 Å². The number of methoxy groups -OCH3 is 1. The first-order valence-corrected chi connectivity index (χ1v) is 6.49. The highest BCUT2D eigenvalue weighted by atomic mass is 16.5. The third kappa shape index (κ3) is 2.17. The van der Waals surface area contributed by atoms with E-state index in [1.807, 2.05) is 49.4 Å². The van der Waals surface area contributed by atoms with E-state index in [0.717, 1.165) is 27.8 Å². The maximum Gasteiger partial charge on any atom is 0.134 e. The molecule has 0 aliphatic carbocycles. The highest BCUT2D eigenvalue weighted by Crippen LogP contribution is 2.32. The molecule has 3 nitrogen and oxygen atoms in total. The van der Waals surface area contributed by atoms with Crippen LogP contribution < -0.4 is 4.74 Å². The SMILES string of the molecule is COc1ccc2occ([C@@H](O)c3ccc(C)cc3)c2c1.